The number of primary amides is 1. The van der Waals surface area contributed by atoms with E-state index in [2.05, 4.69) is 11.0 Å². The third kappa shape index (κ3) is 5.75. The summed E-state index contributed by atoms with van der Waals surface area (Å²) in [7, 11) is 1.83. The fraction of sp³-hybridized carbons (Fsp3) is 0.625. The number of carboxylic acids is 2. The number of hydrogen-bond donors (Lipinski definition) is 4. The number of nitrogens with two attached hydrogens (primary N) is 1. The minimum Gasteiger partial charge on any atom is -0.481 e. The van der Waals surface area contributed by atoms with E-state index in [9.17, 15) is 14.4 Å². The summed E-state index contributed by atoms with van der Waals surface area (Å²) in [5.41, 5.74) is 6.90. The lowest BCUT2D eigenvalue weighted by Crippen LogP contribution is -2.60. The zero-order chi connectivity index (χ0) is 24.9. The van der Waals surface area contributed by atoms with Crippen LogP contribution in [0.3, 0.4) is 0 Å². The first kappa shape index (κ1) is 26.1. The van der Waals surface area contributed by atoms with Crippen LogP contribution in [0.4, 0.5) is 0 Å². The second-order valence-electron chi connectivity index (χ2n) is 9.34. The van der Waals surface area contributed by atoms with Crippen molar-refractivity contribution in [3.05, 3.63) is 35.4 Å². The molecule has 1 aromatic carbocycles. The highest BCUT2D eigenvalue weighted by Crippen LogP contribution is 2.51. The van der Waals surface area contributed by atoms with E-state index >= 15 is 0 Å². The van der Waals surface area contributed by atoms with Crippen LogP contribution in [0.2, 0.25) is 0 Å². The Bertz CT molecular complexity index is 873. The molecule has 2 bridgehead atoms. The van der Waals surface area contributed by atoms with Crippen LogP contribution in [-0.4, -0.2) is 84.1 Å². The van der Waals surface area contributed by atoms with Gasteiger partial charge < -0.3 is 35.4 Å². The van der Waals surface area contributed by atoms with Crippen molar-refractivity contribution in [3.63, 3.8) is 0 Å². The van der Waals surface area contributed by atoms with Gasteiger partial charge in [-0.1, -0.05) is 18.6 Å². The number of likely N-dealkylation sites (tertiary alicyclic amines) is 1. The summed E-state index contributed by atoms with van der Waals surface area (Å²) in [6.07, 6.45) is 1.06. The molecule has 10 nitrogen and oxygen atoms in total. The summed E-state index contributed by atoms with van der Waals surface area (Å²) in [5, 5.41) is 24.1. The number of amides is 1. The molecule has 2 aliphatic heterocycles. The zero-order valence-electron chi connectivity index (χ0n) is 19.4. The largest absolute Gasteiger partial charge is 0.481 e. The number of carbonyl (C=O) groups is 3. The molecule has 3 aliphatic rings. The number of hydrogen-bond acceptors (Lipinski definition) is 7. The number of aliphatic carboxylic acids is 2. The van der Waals surface area contributed by atoms with Gasteiger partial charge in [-0.15, -0.1) is 0 Å². The third-order valence-electron chi connectivity index (χ3n) is 7.09. The molecule has 4 rings (SSSR count). The Morgan fingerprint density at radius 3 is 2.29 bits per heavy atom. The predicted molar refractivity (Wildman–Crippen MR) is 121 cm³/mol. The quantitative estimate of drug-likeness (QED) is 0.426. The Balaban J connectivity index is 0.000000309. The molecular formula is C24H34N2O8. The molecule has 0 aromatic heterocycles. The Morgan fingerprint density at radius 1 is 1.21 bits per heavy atom. The minimum absolute atomic E-state index is 0.295. The molecule has 34 heavy (non-hydrogen) atoms. The molecule has 188 valence electrons. The van der Waals surface area contributed by atoms with Gasteiger partial charge in [-0.05, 0) is 30.5 Å². The molecule has 10 heteroatoms. The summed E-state index contributed by atoms with van der Waals surface area (Å²) in [6.45, 7) is 5.06. The molecule has 1 aliphatic carbocycles. The molecule has 1 aromatic rings. The monoisotopic (exact) mass is 478 g/mol. The summed E-state index contributed by atoms with van der Waals surface area (Å²) < 4.78 is 11.6. The first-order chi connectivity index (χ1) is 16.2. The Labute approximate surface area is 198 Å². The van der Waals surface area contributed by atoms with Crippen molar-refractivity contribution in [2.75, 3.05) is 40.0 Å². The van der Waals surface area contributed by atoms with E-state index in [-0.39, 0.29) is 11.5 Å². The molecule has 3 atom stereocenters. The van der Waals surface area contributed by atoms with Crippen LogP contribution < -0.4 is 5.73 Å². The number of aliphatic hydroxyl groups excluding tert-OH is 1. The van der Waals surface area contributed by atoms with Crippen molar-refractivity contribution in [1.29, 1.82) is 0 Å². The minimum atomic E-state index is -1.79. The van der Waals surface area contributed by atoms with Crippen LogP contribution in [0.5, 0.6) is 0 Å². The van der Waals surface area contributed by atoms with E-state index in [4.69, 9.17) is 30.5 Å². The van der Waals surface area contributed by atoms with E-state index in [0.717, 1.165) is 38.4 Å². The molecule has 0 spiro atoms. The Kier molecular flexibility index (Phi) is 8.64. The van der Waals surface area contributed by atoms with Crippen molar-refractivity contribution in [3.8, 4) is 0 Å². The topological polar surface area (TPSA) is 160 Å². The lowest BCUT2D eigenvalue weighted by Gasteiger charge is -2.56. The molecule has 1 saturated carbocycles. The number of carboxylic acid groups (broad SMARTS) is 2. The normalized spacial score (nSPS) is 27.6. The lowest BCUT2D eigenvalue weighted by molar-refractivity contribution is -0.174. The number of aliphatic hydroxyl groups is 1. The molecule has 1 amide bonds. The van der Waals surface area contributed by atoms with Crippen LogP contribution in [0, 0.1) is 17.8 Å². The van der Waals surface area contributed by atoms with E-state index in [1.165, 1.54) is 19.3 Å². The highest BCUT2D eigenvalue weighted by molar-refractivity contribution is 5.93. The van der Waals surface area contributed by atoms with Crippen molar-refractivity contribution >= 4 is 17.8 Å². The molecular weight excluding hydrogens is 444 g/mol. The van der Waals surface area contributed by atoms with E-state index in [1.807, 2.05) is 19.2 Å². The number of fused-ring (bicyclic) bond motifs is 2. The van der Waals surface area contributed by atoms with E-state index < -0.39 is 24.5 Å². The Morgan fingerprint density at radius 2 is 1.85 bits per heavy atom. The molecule has 2 unspecified atom stereocenters. The number of rotatable bonds is 8. The average Bonchev–Trinajstić information content (AvgIpc) is 2.75. The predicted octanol–water partition coefficient (Wildman–Crippen LogP) is 0.912. The second kappa shape index (κ2) is 11.3. The Hall–Kier alpha value is -2.53. The van der Waals surface area contributed by atoms with Gasteiger partial charge in [0, 0.05) is 50.1 Å². The average molecular weight is 479 g/mol. The standard InChI is InChI=1S/C20H28N2O3.C4H6O5/c1-24-20(16-5-2-4-15(8-16)19(21)23)17-6-3-7-18(20)11-22(10-17)9-14-12-25-13-14;5-2(4(8)9)1-3(6)7/h2,4-5,8,14,17-18H,3,6-7,9-13H2,1H3,(H2,21,23);2,5H,1H2,(H,6,7)(H,8,9)/t;2-/m.0/s1. The van der Waals surface area contributed by atoms with Gasteiger partial charge in [-0.25, -0.2) is 4.79 Å². The van der Waals surface area contributed by atoms with Crippen LogP contribution in [0.1, 0.15) is 41.6 Å². The zero-order valence-corrected chi connectivity index (χ0v) is 19.4. The fourth-order valence-electron chi connectivity index (χ4n) is 5.52. The molecule has 2 heterocycles. The van der Waals surface area contributed by atoms with Crippen molar-refractivity contribution in [2.45, 2.75) is 37.4 Å². The van der Waals surface area contributed by atoms with E-state index in [0.29, 0.717) is 23.3 Å². The summed E-state index contributed by atoms with van der Waals surface area (Å²) in [4.78, 5) is 33.7. The molecule has 5 N–H and O–H groups in total. The van der Waals surface area contributed by atoms with Crippen LogP contribution in [-0.2, 0) is 24.7 Å². The van der Waals surface area contributed by atoms with Gasteiger partial charge in [0.15, 0.2) is 6.10 Å². The maximum absolute atomic E-state index is 11.6. The number of carbonyl (C=O) groups excluding carboxylic acids is 1. The summed E-state index contributed by atoms with van der Waals surface area (Å²) in [6, 6.07) is 7.78. The van der Waals surface area contributed by atoms with Gasteiger partial charge in [0.2, 0.25) is 5.91 Å². The van der Waals surface area contributed by atoms with Gasteiger partial charge in [0.1, 0.15) is 5.60 Å². The highest BCUT2D eigenvalue weighted by Gasteiger charge is 2.53. The van der Waals surface area contributed by atoms with E-state index in [1.54, 1.807) is 6.07 Å². The third-order valence-corrected chi connectivity index (χ3v) is 7.09. The number of benzene rings is 1. The van der Waals surface area contributed by atoms with Crippen LogP contribution >= 0.6 is 0 Å². The maximum Gasteiger partial charge on any atom is 0.333 e. The number of nitrogens with zero attached hydrogens (tertiary/aromatic N) is 1. The SMILES string of the molecule is COC1(c2cccc(C(N)=O)c2)C2CCCC1CN(CC1COC1)C2.O=C(O)C[C@H](O)C(=O)O. The second-order valence-corrected chi connectivity index (χ2v) is 9.34. The van der Waals surface area contributed by atoms with Gasteiger partial charge in [-0.3, -0.25) is 9.59 Å². The van der Waals surface area contributed by atoms with Crippen molar-refractivity contribution in [1.82, 2.24) is 4.90 Å². The smallest absolute Gasteiger partial charge is 0.333 e. The number of ether oxygens (including phenoxy) is 2. The lowest BCUT2D eigenvalue weighted by atomic mass is 9.62. The molecule has 3 fully saturated rings. The van der Waals surface area contributed by atoms with Crippen LogP contribution in [0.15, 0.2) is 24.3 Å². The summed E-state index contributed by atoms with van der Waals surface area (Å²) >= 11 is 0. The molecule has 2 saturated heterocycles. The molecule has 0 radical (unpaired) electrons. The van der Waals surface area contributed by atoms with Gasteiger partial charge in [0.05, 0.1) is 19.6 Å². The number of methoxy groups -OCH3 is 1. The van der Waals surface area contributed by atoms with Crippen molar-refractivity contribution in [2.24, 2.45) is 23.5 Å². The summed E-state index contributed by atoms with van der Waals surface area (Å²) in [5.74, 6) is -1.62. The van der Waals surface area contributed by atoms with Crippen LogP contribution in [0.25, 0.3) is 0 Å². The highest BCUT2D eigenvalue weighted by atomic mass is 16.5. The first-order valence-electron chi connectivity index (χ1n) is 11.6. The fourth-order valence-corrected chi connectivity index (χ4v) is 5.52. The van der Waals surface area contributed by atoms with Crippen molar-refractivity contribution < 1.29 is 39.2 Å². The van der Waals surface area contributed by atoms with Gasteiger partial charge >= 0.3 is 11.9 Å². The maximum atomic E-state index is 11.6. The van der Waals surface area contributed by atoms with Gasteiger partial charge in [-0.2, -0.15) is 0 Å². The van der Waals surface area contributed by atoms with Gasteiger partial charge in [0.25, 0.3) is 0 Å². The number of piperidine rings is 1. The first-order valence-corrected chi connectivity index (χ1v) is 11.6.